The van der Waals surface area contributed by atoms with Crippen molar-refractivity contribution in [1.82, 2.24) is 0 Å². The van der Waals surface area contributed by atoms with Crippen molar-refractivity contribution in [3.63, 3.8) is 0 Å². The summed E-state index contributed by atoms with van der Waals surface area (Å²) in [7, 11) is 0. The van der Waals surface area contributed by atoms with E-state index in [4.69, 9.17) is 16.3 Å². The van der Waals surface area contributed by atoms with E-state index in [-0.39, 0.29) is 10.6 Å². The molecular weight excluding hydrogens is 384 g/mol. The van der Waals surface area contributed by atoms with Crippen molar-refractivity contribution in [2.24, 2.45) is 0 Å². The zero-order valence-electron chi connectivity index (χ0n) is 14.7. The summed E-state index contributed by atoms with van der Waals surface area (Å²) in [5, 5.41) is 15.5. The minimum atomic E-state index is -1.10. The second kappa shape index (κ2) is 8.06. The van der Waals surface area contributed by atoms with E-state index in [0.29, 0.717) is 5.69 Å². The summed E-state index contributed by atoms with van der Waals surface area (Å²) in [6, 6.07) is 16.7. The average Bonchev–Trinajstić information content (AvgIpc) is 2.67. The third kappa shape index (κ3) is 4.27. The highest BCUT2D eigenvalue weighted by Gasteiger charge is 2.22. The first-order chi connectivity index (χ1) is 13.3. The number of hydrogen-bond donors (Lipinski definition) is 1. The predicted molar refractivity (Wildman–Crippen MR) is 106 cm³/mol. The number of fused-ring (bicyclic) bond motifs is 1. The Morgan fingerprint density at radius 1 is 1.07 bits per heavy atom. The lowest BCUT2D eigenvalue weighted by molar-refractivity contribution is -0.384. The molecule has 7 nitrogen and oxygen atoms in total. The van der Waals surface area contributed by atoms with Crippen molar-refractivity contribution in [2.45, 2.75) is 13.0 Å². The first kappa shape index (κ1) is 19.3. The molecule has 1 N–H and O–H groups in total. The lowest BCUT2D eigenvalue weighted by Crippen LogP contribution is -2.30. The molecule has 0 aliphatic rings. The number of hydrogen-bond acceptors (Lipinski definition) is 5. The first-order valence-electron chi connectivity index (χ1n) is 8.30. The van der Waals surface area contributed by atoms with Gasteiger partial charge in [0.1, 0.15) is 5.02 Å². The third-order valence-corrected chi connectivity index (χ3v) is 4.37. The number of halogens is 1. The second-order valence-corrected chi connectivity index (χ2v) is 6.43. The van der Waals surface area contributed by atoms with Gasteiger partial charge in [0, 0.05) is 11.8 Å². The van der Waals surface area contributed by atoms with Crippen LogP contribution in [0.3, 0.4) is 0 Å². The largest absolute Gasteiger partial charge is 0.449 e. The van der Waals surface area contributed by atoms with Crippen molar-refractivity contribution in [2.75, 3.05) is 5.32 Å². The number of amides is 1. The fourth-order valence-corrected chi connectivity index (χ4v) is 2.76. The van der Waals surface area contributed by atoms with E-state index in [1.807, 2.05) is 36.4 Å². The lowest BCUT2D eigenvalue weighted by atomic mass is 10.1. The molecule has 0 radical (unpaired) electrons. The molecule has 0 spiro atoms. The van der Waals surface area contributed by atoms with Crippen LogP contribution in [-0.2, 0) is 9.53 Å². The minimum absolute atomic E-state index is 0.0681. The maximum atomic E-state index is 12.3. The maximum Gasteiger partial charge on any atom is 0.339 e. The van der Waals surface area contributed by atoms with Crippen LogP contribution in [-0.4, -0.2) is 22.9 Å². The monoisotopic (exact) mass is 398 g/mol. The normalized spacial score (nSPS) is 11.6. The molecule has 0 aliphatic carbocycles. The van der Waals surface area contributed by atoms with Gasteiger partial charge in [0.2, 0.25) is 0 Å². The Bertz CT molecular complexity index is 1080. The Hall–Kier alpha value is -3.45. The van der Waals surface area contributed by atoms with E-state index in [1.165, 1.54) is 19.1 Å². The van der Waals surface area contributed by atoms with E-state index in [9.17, 15) is 19.7 Å². The molecule has 0 aromatic heterocycles. The fraction of sp³-hybridized carbons (Fsp3) is 0.100. The Labute approximate surface area is 165 Å². The highest BCUT2D eigenvalue weighted by Crippen LogP contribution is 2.25. The van der Waals surface area contributed by atoms with Gasteiger partial charge in [-0.05, 0) is 42.0 Å². The summed E-state index contributed by atoms with van der Waals surface area (Å²) in [4.78, 5) is 34.8. The van der Waals surface area contributed by atoms with Crippen LogP contribution < -0.4 is 5.32 Å². The lowest BCUT2D eigenvalue weighted by Gasteiger charge is -2.14. The van der Waals surface area contributed by atoms with Gasteiger partial charge in [0.15, 0.2) is 6.10 Å². The number of benzene rings is 3. The van der Waals surface area contributed by atoms with Crippen LogP contribution in [0.5, 0.6) is 0 Å². The molecule has 3 rings (SSSR count). The summed E-state index contributed by atoms with van der Waals surface area (Å²) in [5.74, 6) is -1.38. The zero-order chi connectivity index (χ0) is 20.3. The van der Waals surface area contributed by atoms with Crippen LogP contribution in [0.25, 0.3) is 10.8 Å². The zero-order valence-corrected chi connectivity index (χ0v) is 15.5. The van der Waals surface area contributed by atoms with Crippen LogP contribution >= 0.6 is 11.6 Å². The third-order valence-electron chi connectivity index (χ3n) is 4.05. The number of nitrogens with zero attached hydrogens (tertiary/aromatic N) is 1. The molecule has 0 saturated carbocycles. The molecule has 0 saturated heterocycles. The first-order valence-corrected chi connectivity index (χ1v) is 8.67. The highest BCUT2D eigenvalue weighted by atomic mass is 35.5. The number of esters is 1. The Kier molecular flexibility index (Phi) is 5.56. The van der Waals surface area contributed by atoms with Gasteiger partial charge in [-0.25, -0.2) is 4.79 Å². The molecule has 0 heterocycles. The van der Waals surface area contributed by atoms with Crippen molar-refractivity contribution < 1.29 is 19.2 Å². The Morgan fingerprint density at radius 2 is 1.79 bits per heavy atom. The number of nitro groups is 1. The van der Waals surface area contributed by atoms with Crippen molar-refractivity contribution >= 4 is 45.6 Å². The highest BCUT2D eigenvalue weighted by molar-refractivity contribution is 6.32. The van der Waals surface area contributed by atoms with Crippen LogP contribution in [0.1, 0.15) is 17.3 Å². The quantitative estimate of drug-likeness (QED) is 0.385. The van der Waals surface area contributed by atoms with Gasteiger partial charge >= 0.3 is 5.97 Å². The Morgan fingerprint density at radius 3 is 2.50 bits per heavy atom. The van der Waals surface area contributed by atoms with Crippen molar-refractivity contribution in [3.05, 3.63) is 81.4 Å². The maximum absolute atomic E-state index is 12.3. The van der Waals surface area contributed by atoms with Crippen LogP contribution in [0.15, 0.2) is 60.7 Å². The number of carbonyl (C=O) groups is 2. The van der Waals surface area contributed by atoms with Gasteiger partial charge in [-0.1, -0.05) is 41.9 Å². The van der Waals surface area contributed by atoms with E-state index < -0.39 is 28.6 Å². The molecule has 0 fully saturated rings. The van der Waals surface area contributed by atoms with Gasteiger partial charge in [0.05, 0.1) is 10.5 Å². The SMILES string of the molecule is C[C@@H](OC(=O)c1ccc(Cl)c([N+](=O)[O-])c1)C(=O)Nc1ccc2ccccc2c1. The minimum Gasteiger partial charge on any atom is -0.449 e. The Balaban J connectivity index is 1.68. The molecule has 0 aliphatic heterocycles. The molecule has 142 valence electrons. The number of nitro benzene ring substituents is 1. The number of carbonyl (C=O) groups excluding carboxylic acids is 2. The number of nitrogens with one attached hydrogen (secondary N) is 1. The van der Waals surface area contributed by atoms with E-state index >= 15 is 0 Å². The summed E-state index contributed by atoms with van der Waals surface area (Å²) < 4.78 is 5.12. The smallest absolute Gasteiger partial charge is 0.339 e. The standard InChI is InChI=1S/C20H15ClN2O5/c1-12(28-20(25)15-7-9-17(21)18(11-15)23(26)27)19(24)22-16-8-6-13-4-2-3-5-14(13)10-16/h2-12H,1H3,(H,22,24)/t12-/m1/s1. The van der Waals surface area contributed by atoms with Gasteiger partial charge < -0.3 is 10.1 Å². The van der Waals surface area contributed by atoms with Gasteiger partial charge in [0.25, 0.3) is 11.6 Å². The summed E-state index contributed by atoms with van der Waals surface area (Å²) >= 11 is 5.73. The summed E-state index contributed by atoms with van der Waals surface area (Å²) in [6.07, 6.45) is -1.10. The summed E-state index contributed by atoms with van der Waals surface area (Å²) in [6.45, 7) is 1.42. The molecule has 0 bridgehead atoms. The molecule has 3 aromatic rings. The van der Waals surface area contributed by atoms with Crippen molar-refractivity contribution in [1.29, 1.82) is 0 Å². The molecule has 0 unspecified atom stereocenters. The average molecular weight is 399 g/mol. The van der Waals surface area contributed by atoms with Gasteiger partial charge in [-0.15, -0.1) is 0 Å². The predicted octanol–water partition coefficient (Wildman–Crippen LogP) is 4.59. The van der Waals surface area contributed by atoms with E-state index in [1.54, 1.807) is 6.07 Å². The molecule has 3 aromatic carbocycles. The van der Waals surface area contributed by atoms with E-state index in [0.717, 1.165) is 16.8 Å². The molecule has 28 heavy (non-hydrogen) atoms. The van der Waals surface area contributed by atoms with E-state index in [2.05, 4.69) is 5.32 Å². The number of anilines is 1. The molecule has 1 atom stereocenters. The fourth-order valence-electron chi connectivity index (χ4n) is 2.57. The molecular formula is C20H15ClN2O5. The van der Waals surface area contributed by atoms with Crippen LogP contribution in [0.2, 0.25) is 5.02 Å². The number of ether oxygens (including phenoxy) is 1. The van der Waals surface area contributed by atoms with Crippen LogP contribution in [0, 0.1) is 10.1 Å². The van der Waals surface area contributed by atoms with Gasteiger partial charge in [-0.2, -0.15) is 0 Å². The second-order valence-electron chi connectivity index (χ2n) is 6.02. The van der Waals surface area contributed by atoms with Crippen molar-refractivity contribution in [3.8, 4) is 0 Å². The van der Waals surface area contributed by atoms with Gasteiger partial charge in [-0.3, -0.25) is 14.9 Å². The van der Waals surface area contributed by atoms with Crippen LogP contribution in [0.4, 0.5) is 11.4 Å². The summed E-state index contributed by atoms with van der Waals surface area (Å²) in [5.41, 5.74) is 0.0829. The molecule has 8 heteroatoms. The molecule has 1 amide bonds. The topological polar surface area (TPSA) is 98.5 Å². The number of rotatable bonds is 5.